The molecule has 0 spiro atoms. The van der Waals surface area contributed by atoms with E-state index in [4.69, 9.17) is 5.26 Å². The Bertz CT molecular complexity index is 192. The number of hydrogen-bond acceptors (Lipinski definition) is 2. The van der Waals surface area contributed by atoms with Gasteiger partial charge in [-0.05, 0) is 12.8 Å². The average molecular weight is 131 g/mol. The van der Waals surface area contributed by atoms with Gasteiger partial charge in [0.25, 0.3) is 0 Å². The van der Waals surface area contributed by atoms with Gasteiger partial charge in [-0.3, -0.25) is 5.26 Å². The van der Waals surface area contributed by atoms with Crippen LogP contribution in [0.3, 0.4) is 0 Å². The van der Waals surface area contributed by atoms with Crippen molar-refractivity contribution in [1.29, 1.82) is 5.26 Å². The number of nitrogens with zero attached hydrogens (tertiary/aromatic N) is 1. The molecule has 1 saturated carbocycles. The second kappa shape index (κ2) is 3.98. The van der Waals surface area contributed by atoms with Crippen molar-refractivity contribution >= 4 is 7.41 Å². The van der Waals surface area contributed by atoms with Crippen molar-refractivity contribution in [2.24, 2.45) is 5.92 Å². The molecule has 1 rings (SSSR count). The summed E-state index contributed by atoms with van der Waals surface area (Å²) in [7, 11) is 1.35. The fourth-order valence-electron chi connectivity index (χ4n) is 0.571. The summed E-state index contributed by atoms with van der Waals surface area (Å²) in [5, 5.41) is 10.8. The molecule has 0 saturated heterocycles. The standard InChI is InChI=1S/C7H8BN2/c9-6-8-10-5-1-2-7-3-4-7/h7,10H,3-5H2/q-1. The summed E-state index contributed by atoms with van der Waals surface area (Å²) >= 11 is 0. The van der Waals surface area contributed by atoms with Crippen molar-refractivity contribution in [3.05, 3.63) is 0 Å². The van der Waals surface area contributed by atoms with E-state index in [9.17, 15) is 0 Å². The molecule has 0 bridgehead atoms. The van der Waals surface area contributed by atoms with Crippen LogP contribution in [0.25, 0.3) is 0 Å². The quantitative estimate of drug-likeness (QED) is 0.327. The lowest BCUT2D eigenvalue weighted by Gasteiger charge is -2.01. The van der Waals surface area contributed by atoms with Gasteiger partial charge in [-0.1, -0.05) is 11.8 Å². The van der Waals surface area contributed by atoms with Gasteiger partial charge in [0.15, 0.2) is 0 Å². The highest BCUT2D eigenvalue weighted by atomic mass is 14.7. The molecule has 0 atom stereocenters. The predicted octanol–water partition coefficient (Wildman–Crippen LogP) is 0.0897. The van der Waals surface area contributed by atoms with E-state index in [1.54, 1.807) is 0 Å². The zero-order chi connectivity index (χ0) is 7.23. The minimum Gasteiger partial charge on any atom is -0.528 e. The minimum atomic E-state index is 0.601. The van der Waals surface area contributed by atoms with E-state index >= 15 is 0 Å². The van der Waals surface area contributed by atoms with E-state index in [1.807, 2.05) is 5.97 Å². The van der Waals surface area contributed by atoms with Crippen LogP contribution in [-0.2, 0) is 0 Å². The van der Waals surface area contributed by atoms with Crippen molar-refractivity contribution in [3.63, 3.8) is 0 Å². The Morgan fingerprint density at radius 2 is 2.40 bits per heavy atom. The maximum absolute atomic E-state index is 8.07. The van der Waals surface area contributed by atoms with Crippen molar-refractivity contribution in [2.45, 2.75) is 12.8 Å². The normalized spacial score (nSPS) is 15.1. The third-order valence-electron chi connectivity index (χ3n) is 1.24. The molecule has 1 aliphatic carbocycles. The highest BCUT2D eigenvalue weighted by molar-refractivity contribution is 6.42. The topological polar surface area (TPSA) is 35.8 Å². The molecule has 0 aromatic rings. The Balaban J connectivity index is 1.95. The molecular formula is C7H8BN2-. The molecule has 1 N–H and O–H groups in total. The molecule has 2 nitrogen and oxygen atoms in total. The van der Waals surface area contributed by atoms with Gasteiger partial charge in [-0.15, -0.1) is 7.41 Å². The van der Waals surface area contributed by atoms with Crippen LogP contribution in [0, 0.1) is 29.0 Å². The maximum Gasteiger partial charge on any atom is 0.0204 e. The molecular weight excluding hydrogens is 123 g/mol. The van der Waals surface area contributed by atoms with Gasteiger partial charge in [0, 0.05) is 12.5 Å². The first kappa shape index (κ1) is 7.19. The molecule has 3 heteroatoms. The second-order valence-electron chi connectivity index (χ2n) is 2.25. The average Bonchev–Trinajstić information content (AvgIpc) is 2.71. The van der Waals surface area contributed by atoms with E-state index in [0.717, 1.165) is 0 Å². The Morgan fingerprint density at radius 3 is 3.00 bits per heavy atom. The summed E-state index contributed by atoms with van der Waals surface area (Å²) in [4.78, 5) is 0. The van der Waals surface area contributed by atoms with Gasteiger partial charge >= 0.3 is 0 Å². The van der Waals surface area contributed by atoms with Crippen LogP contribution >= 0.6 is 0 Å². The molecule has 0 heterocycles. The van der Waals surface area contributed by atoms with Crippen molar-refractivity contribution in [2.75, 3.05) is 6.54 Å². The Hall–Kier alpha value is -0.925. The third kappa shape index (κ3) is 3.17. The van der Waals surface area contributed by atoms with Gasteiger partial charge in [-0.2, -0.15) is 0 Å². The summed E-state index contributed by atoms with van der Waals surface area (Å²) in [5.74, 6) is 8.54. The van der Waals surface area contributed by atoms with Crippen LogP contribution in [0.4, 0.5) is 0 Å². The van der Waals surface area contributed by atoms with E-state index < -0.39 is 0 Å². The summed E-state index contributed by atoms with van der Waals surface area (Å²) < 4.78 is 0. The zero-order valence-electron chi connectivity index (χ0n) is 5.72. The molecule has 50 valence electrons. The van der Waals surface area contributed by atoms with Crippen LogP contribution in [0.15, 0.2) is 0 Å². The first-order valence-corrected chi connectivity index (χ1v) is 3.36. The van der Waals surface area contributed by atoms with Gasteiger partial charge < -0.3 is 5.23 Å². The Labute approximate surface area is 61.9 Å². The summed E-state index contributed by atoms with van der Waals surface area (Å²) in [6, 6.07) is 0. The van der Waals surface area contributed by atoms with Crippen LogP contribution in [0.5, 0.6) is 0 Å². The molecule has 0 aliphatic heterocycles. The largest absolute Gasteiger partial charge is 0.528 e. The predicted molar refractivity (Wildman–Crippen MR) is 39.9 cm³/mol. The summed E-state index contributed by atoms with van der Waals surface area (Å²) in [6.07, 6.45) is 2.52. The lowest BCUT2D eigenvalue weighted by molar-refractivity contribution is 1.11. The zero-order valence-corrected chi connectivity index (χ0v) is 5.72. The van der Waals surface area contributed by atoms with Crippen LogP contribution in [0.2, 0.25) is 0 Å². The van der Waals surface area contributed by atoms with Crippen LogP contribution in [-0.4, -0.2) is 14.0 Å². The van der Waals surface area contributed by atoms with Gasteiger partial charge in [0.2, 0.25) is 0 Å². The van der Waals surface area contributed by atoms with Crippen molar-refractivity contribution in [1.82, 2.24) is 5.23 Å². The third-order valence-corrected chi connectivity index (χ3v) is 1.24. The van der Waals surface area contributed by atoms with Crippen molar-refractivity contribution < 1.29 is 0 Å². The molecule has 1 fully saturated rings. The number of rotatable bonds is 2. The molecule has 0 unspecified atom stereocenters. The van der Waals surface area contributed by atoms with Crippen molar-refractivity contribution in [3.8, 4) is 17.8 Å². The van der Waals surface area contributed by atoms with E-state index in [2.05, 4.69) is 17.1 Å². The van der Waals surface area contributed by atoms with Crippen LogP contribution < -0.4 is 5.23 Å². The SMILES string of the molecule is N#C[B-]NCC#CC1CC1. The number of hydrogen-bond donors (Lipinski definition) is 1. The fraction of sp³-hybridized carbons (Fsp3) is 0.571. The first-order valence-electron chi connectivity index (χ1n) is 3.36. The monoisotopic (exact) mass is 131 g/mol. The Kier molecular flexibility index (Phi) is 2.86. The molecule has 0 aromatic carbocycles. The molecule has 10 heavy (non-hydrogen) atoms. The highest BCUT2D eigenvalue weighted by Crippen LogP contribution is 2.27. The van der Waals surface area contributed by atoms with Gasteiger partial charge in [-0.25, -0.2) is 5.97 Å². The summed E-state index contributed by atoms with van der Waals surface area (Å²) in [6.45, 7) is 0.601. The molecule has 1 aliphatic rings. The lowest BCUT2D eigenvalue weighted by atomic mass is 9.99. The van der Waals surface area contributed by atoms with Gasteiger partial charge in [0.1, 0.15) is 0 Å². The molecule has 2 radical (unpaired) electrons. The lowest BCUT2D eigenvalue weighted by Crippen LogP contribution is -2.17. The van der Waals surface area contributed by atoms with E-state index in [1.165, 1.54) is 20.3 Å². The highest BCUT2D eigenvalue weighted by Gasteiger charge is 2.17. The first-order chi connectivity index (χ1) is 4.93. The smallest absolute Gasteiger partial charge is 0.0204 e. The second-order valence-corrected chi connectivity index (χ2v) is 2.25. The number of nitrogens with one attached hydrogen (secondary N) is 1. The number of nitriles is 1. The molecule has 0 aromatic heterocycles. The fourth-order valence-corrected chi connectivity index (χ4v) is 0.571. The van der Waals surface area contributed by atoms with E-state index in [-0.39, 0.29) is 0 Å². The van der Waals surface area contributed by atoms with Gasteiger partial charge in [0.05, 0.1) is 0 Å². The maximum atomic E-state index is 8.07. The molecule has 0 amide bonds. The summed E-state index contributed by atoms with van der Waals surface area (Å²) in [5.41, 5.74) is 0. The van der Waals surface area contributed by atoms with E-state index in [0.29, 0.717) is 12.5 Å². The van der Waals surface area contributed by atoms with Crippen LogP contribution in [0.1, 0.15) is 12.8 Å². The Morgan fingerprint density at radius 1 is 1.60 bits per heavy atom. The minimum absolute atomic E-state index is 0.601.